The molecule has 0 saturated carbocycles. The van der Waals surface area contributed by atoms with Crippen molar-refractivity contribution < 1.29 is 9.59 Å². The monoisotopic (exact) mass is 446 g/mol. The summed E-state index contributed by atoms with van der Waals surface area (Å²) in [6, 6.07) is 17.4. The van der Waals surface area contributed by atoms with Crippen molar-refractivity contribution in [3.05, 3.63) is 84.2 Å². The maximum Gasteiger partial charge on any atom is 0.319 e. The number of para-hydroxylation sites is 2. The number of pyridine rings is 1. The molecule has 3 aromatic rings. The SMILES string of the molecule is CN(C)CCCC(NC(=O)Nc1cccnc1)c1ccc(C(=O)Nc2ccccc2N)cc1. The van der Waals surface area contributed by atoms with E-state index >= 15 is 0 Å². The molecule has 1 heterocycles. The van der Waals surface area contributed by atoms with E-state index in [2.05, 4.69) is 25.8 Å². The van der Waals surface area contributed by atoms with E-state index in [1.165, 1.54) is 0 Å². The molecule has 5 N–H and O–H groups in total. The van der Waals surface area contributed by atoms with Crippen molar-refractivity contribution in [2.75, 3.05) is 37.0 Å². The van der Waals surface area contributed by atoms with Crippen molar-refractivity contribution in [3.8, 4) is 0 Å². The Bertz CT molecular complexity index is 1050. The average Bonchev–Trinajstić information content (AvgIpc) is 2.80. The fraction of sp³-hybridized carbons (Fsp3) is 0.240. The molecule has 0 bridgehead atoms. The lowest BCUT2D eigenvalue weighted by Crippen LogP contribution is -2.33. The molecule has 0 fully saturated rings. The van der Waals surface area contributed by atoms with E-state index in [4.69, 9.17) is 5.73 Å². The summed E-state index contributed by atoms with van der Waals surface area (Å²) in [6.45, 7) is 0.904. The second-order valence-corrected chi connectivity index (χ2v) is 8.00. The van der Waals surface area contributed by atoms with Gasteiger partial charge in [-0.25, -0.2) is 4.79 Å². The molecule has 0 aliphatic rings. The summed E-state index contributed by atoms with van der Waals surface area (Å²) in [5.74, 6) is -0.245. The van der Waals surface area contributed by atoms with Gasteiger partial charge in [-0.3, -0.25) is 9.78 Å². The second-order valence-electron chi connectivity index (χ2n) is 8.00. The van der Waals surface area contributed by atoms with Gasteiger partial charge in [-0.05, 0) is 75.4 Å². The van der Waals surface area contributed by atoms with Gasteiger partial charge >= 0.3 is 6.03 Å². The Hall–Kier alpha value is -3.91. The first kappa shape index (κ1) is 23.7. The summed E-state index contributed by atoms with van der Waals surface area (Å²) in [4.78, 5) is 31.3. The largest absolute Gasteiger partial charge is 0.397 e. The zero-order chi connectivity index (χ0) is 23.6. The molecule has 8 heteroatoms. The lowest BCUT2D eigenvalue weighted by atomic mass is 10.00. The number of amides is 3. The van der Waals surface area contributed by atoms with Crippen LogP contribution in [-0.2, 0) is 0 Å². The maximum atomic E-state index is 12.6. The van der Waals surface area contributed by atoms with Crippen LogP contribution >= 0.6 is 0 Å². The van der Waals surface area contributed by atoms with Crippen molar-refractivity contribution in [1.82, 2.24) is 15.2 Å². The van der Waals surface area contributed by atoms with E-state index in [-0.39, 0.29) is 18.0 Å². The number of nitrogen functional groups attached to an aromatic ring is 1. The quantitative estimate of drug-likeness (QED) is 0.369. The zero-order valence-corrected chi connectivity index (χ0v) is 18.9. The Kier molecular flexibility index (Phi) is 8.37. The van der Waals surface area contributed by atoms with E-state index < -0.39 is 0 Å². The highest BCUT2D eigenvalue weighted by molar-refractivity contribution is 6.05. The van der Waals surface area contributed by atoms with Gasteiger partial charge in [-0.15, -0.1) is 0 Å². The third-order valence-corrected chi connectivity index (χ3v) is 5.11. The normalized spacial score (nSPS) is 11.6. The molecule has 0 spiro atoms. The first-order chi connectivity index (χ1) is 15.9. The molecule has 8 nitrogen and oxygen atoms in total. The van der Waals surface area contributed by atoms with Gasteiger partial charge < -0.3 is 26.6 Å². The summed E-state index contributed by atoms with van der Waals surface area (Å²) < 4.78 is 0. The first-order valence-electron chi connectivity index (χ1n) is 10.8. The van der Waals surface area contributed by atoms with Crippen LogP contribution in [0.15, 0.2) is 73.1 Å². The minimum atomic E-state index is -0.306. The molecule has 1 aromatic heterocycles. The van der Waals surface area contributed by atoms with Gasteiger partial charge in [0.1, 0.15) is 0 Å². The third kappa shape index (κ3) is 7.33. The third-order valence-electron chi connectivity index (χ3n) is 5.11. The minimum Gasteiger partial charge on any atom is -0.397 e. The molecule has 0 saturated heterocycles. The minimum absolute atomic E-state index is 0.205. The average molecular weight is 447 g/mol. The molecule has 1 unspecified atom stereocenters. The molecule has 2 aromatic carbocycles. The number of urea groups is 1. The van der Waals surface area contributed by atoms with Crippen LogP contribution in [0.2, 0.25) is 0 Å². The molecule has 172 valence electrons. The molecular weight excluding hydrogens is 416 g/mol. The van der Waals surface area contributed by atoms with Gasteiger partial charge in [0.15, 0.2) is 0 Å². The summed E-state index contributed by atoms with van der Waals surface area (Å²) in [5, 5.41) is 8.67. The number of hydrogen-bond donors (Lipinski definition) is 4. The number of carbonyl (C=O) groups excluding carboxylic acids is 2. The topological polar surface area (TPSA) is 112 Å². The molecule has 0 aliphatic heterocycles. The zero-order valence-electron chi connectivity index (χ0n) is 18.9. The highest BCUT2D eigenvalue weighted by Crippen LogP contribution is 2.22. The van der Waals surface area contributed by atoms with Crippen molar-refractivity contribution in [2.24, 2.45) is 0 Å². The highest BCUT2D eigenvalue weighted by atomic mass is 16.2. The summed E-state index contributed by atoms with van der Waals surface area (Å²) in [5.41, 5.74) is 9.04. The van der Waals surface area contributed by atoms with Crippen LogP contribution in [0, 0.1) is 0 Å². The number of rotatable bonds is 9. The summed E-state index contributed by atoms with van der Waals surface area (Å²) in [6.07, 6.45) is 4.90. The van der Waals surface area contributed by atoms with Crippen molar-refractivity contribution in [1.29, 1.82) is 0 Å². The fourth-order valence-electron chi connectivity index (χ4n) is 3.37. The van der Waals surface area contributed by atoms with Gasteiger partial charge in [0.2, 0.25) is 0 Å². The van der Waals surface area contributed by atoms with Crippen LogP contribution in [0.5, 0.6) is 0 Å². The number of hydrogen-bond acceptors (Lipinski definition) is 5. The van der Waals surface area contributed by atoms with Gasteiger partial charge in [-0.2, -0.15) is 0 Å². The molecule has 1 atom stereocenters. The smallest absolute Gasteiger partial charge is 0.319 e. The van der Waals surface area contributed by atoms with E-state index in [0.717, 1.165) is 24.9 Å². The van der Waals surface area contributed by atoms with Gasteiger partial charge in [0, 0.05) is 11.8 Å². The van der Waals surface area contributed by atoms with E-state index in [0.29, 0.717) is 22.6 Å². The number of anilines is 3. The molecule has 0 aliphatic carbocycles. The van der Waals surface area contributed by atoms with Crippen LogP contribution in [0.4, 0.5) is 21.9 Å². The molecule has 33 heavy (non-hydrogen) atoms. The fourth-order valence-corrected chi connectivity index (χ4v) is 3.37. The van der Waals surface area contributed by atoms with Crippen molar-refractivity contribution in [2.45, 2.75) is 18.9 Å². The number of nitrogens with two attached hydrogens (primary N) is 1. The molecule has 0 radical (unpaired) electrons. The van der Waals surface area contributed by atoms with Crippen LogP contribution < -0.4 is 21.7 Å². The lowest BCUT2D eigenvalue weighted by molar-refractivity contribution is 0.102. The Morgan fingerprint density at radius 3 is 2.42 bits per heavy atom. The van der Waals surface area contributed by atoms with E-state index in [9.17, 15) is 9.59 Å². The van der Waals surface area contributed by atoms with Crippen LogP contribution in [-0.4, -0.2) is 42.5 Å². The predicted molar refractivity (Wildman–Crippen MR) is 132 cm³/mol. The Morgan fingerprint density at radius 2 is 1.76 bits per heavy atom. The van der Waals surface area contributed by atoms with E-state index in [1.807, 2.05) is 38.4 Å². The molecule has 3 rings (SSSR count). The van der Waals surface area contributed by atoms with Gasteiger partial charge in [0.25, 0.3) is 5.91 Å². The van der Waals surface area contributed by atoms with Crippen LogP contribution in [0.3, 0.4) is 0 Å². The summed E-state index contributed by atoms with van der Waals surface area (Å²) >= 11 is 0. The van der Waals surface area contributed by atoms with Gasteiger partial charge in [-0.1, -0.05) is 24.3 Å². The Morgan fingerprint density at radius 1 is 1.00 bits per heavy atom. The molecule has 3 amide bonds. The highest BCUT2D eigenvalue weighted by Gasteiger charge is 2.16. The van der Waals surface area contributed by atoms with Crippen LogP contribution in [0.1, 0.15) is 34.8 Å². The second kappa shape index (κ2) is 11.6. The Balaban J connectivity index is 1.69. The van der Waals surface area contributed by atoms with Crippen molar-refractivity contribution >= 4 is 29.0 Å². The van der Waals surface area contributed by atoms with Crippen LogP contribution in [0.25, 0.3) is 0 Å². The number of benzene rings is 2. The van der Waals surface area contributed by atoms with E-state index in [1.54, 1.807) is 48.8 Å². The standard InChI is InChI=1S/C25H30N6O2/c1-31(2)16-6-10-22(30-25(33)28-20-7-5-15-27-17-20)18-11-13-19(14-12-18)24(32)29-23-9-4-3-8-21(23)26/h3-5,7-9,11-15,17,22H,6,10,16,26H2,1-2H3,(H,29,32)(H2,28,30,33). The van der Waals surface area contributed by atoms with Crippen molar-refractivity contribution in [3.63, 3.8) is 0 Å². The predicted octanol–water partition coefficient (Wildman–Crippen LogP) is 4.12. The number of nitrogens with one attached hydrogen (secondary N) is 3. The first-order valence-corrected chi connectivity index (χ1v) is 10.8. The number of carbonyl (C=O) groups is 2. The Labute approximate surface area is 194 Å². The lowest BCUT2D eigenvalue weighted by Gasteiger charge is -2.21. The number of aromatic nitrogens is 1. The summed E-state index contributed by atoms with van der Waals surface area (Å²) in [7, 11) is 4.04. The maximum absolute atomic E-state index is 12.6. The van der Waals surface area contributed by atoms with Gasteiger partial charge in [0.05, 0.1) is 29.3 Å². The molecular formula is C25H30N6O2. The number of nitrogens with zero attached hydrogens (tertiary/aromatic N) is 2.